The molecule has 8 heteroatoms. The zero-order chi connectivity index (χ0) is 20.5. The molecule has 3 heterocycles. The molecular weight excluding hydrogens is 391 g/mol. The molecule has 0 bridgehead atoms. The Labute approximate surface area is 171 Å². The number of hydrogen-bond donors (Lipinski definition) is 0. The summed E-state index contributed by atoms with van der Waals surface area (Å²) in [7, 11) is 0. The van der Waals surface area contributed by atoms with Crippen molar-refractivity contribution in [3.05, 3.63) is 77.3 Å². The standard InChI is InChI=1S/C21H19FN4O2S/c1-13-9-18(15(3)26(13)20-10-14(2)28-24-20)19(27)12-29-21-23-7-8-25(21)17-6-4-5-16(22)11-17/h4-11H,12H2,1-3H3. The van der Waals surface area contributed by atoms with Gasteiger partial charge in [0.25, 0.3) is 0 Å². The van der Waals surface area contributed by atoms with Gasteiger partial charge < -0.3 is 4.52 Å². The fourth-order valence-corrected chi connectivity index (χ4v) is 4.14. The van der Waals surface area contributed by atoms with E-state index in [2.05, 4.69) is 10.1 Å². The number of rotatable bonds is 6. The van der Waals surface area contributed by atoms with Crippen LogP contribution in [-0.2, 0) is 0 Å². The number of ketones is 1. The molecular formula is C21H19FN4O2S. The monoisotopic (exact) mass is 410 g/mol. The van der Waals surface area contributed by atoms with E-state index < -0.39 is 0 Å². The van der Waals surface area contributed by atoms with Gasteiger partial charge in [0.2, 0.25) is 0 Å². The quantitative estimate of drug-likeness (QED) is 0.341. The molecule has 0 saturated heterocycles. The molecule has 0 aliphatic carbocycles. The molecule has 0 radical (unpaired) electrons. The van der Waals surface area contributed by atoms with Crippen LogP contribution in [0, 0.1) is 26.6 Å². The highest BCUT2D eigenvalue weighted by Gasteiger charge is 2.19. The predicted molar refractivity (Wildman–Crippen MR) is 109 cm³/mol. The van der Waals surface area contributed by atoms with E-state index in [0.29, 0.717) is 28.0 Å². The molecule has 0 fully saturated rings. The largest absolute Gasteiger partial charge is 0.360 e. The maximum absolute atomic E-state index is 13.5. The van der Waals surface area contributed by atoms with E-state index in [1.54, 1.807) is 29.1 Å². The van der Waals surface area contributed by atoms with Gasteiger partial charge in [-0.1, -0.05) is 23.0 Å². The lowest BCUT2D eigenvalue weighted by atomic mass is 10.2. The highest BCUT2D eigenvalue weighted by molar-refractivity contribution is 7.99. The third-order valence-corrected chi connectivity index (χ3v) is 5.57. The van der Waals surface area contributed by atoms with Crippen LogP contribution in [0.25, 0.3) is 11.5 Å². The van der Waals surface area contributed by atoms with Crippen molar-refractivity contribution < 1.29 is 13.7 Å². The third-order valence-electron chi connectivity index (χ3n) is 4.60. The fourth-order valence-electron chi connectivity index (χ4n) is 3.28. The Morgan fingerprint density at radius 1 is 1.21 bits per heavy atom. The van der Waals surface area contributed by atoms with Gasteiger partial charge in [0.15, 0.2) is 16.8 Å². The van der Waals surface area contributed by atoms with Crippen molar-refractivity contribution in [1.82, 2.24) is 19.3 Å². The molecule has 4 rings (SSSR count). The number of aromatic nitrogens is 4. The molecule has 0 saturated carbocycles. The van der Waals surface area contributed by atoms with Crippen molar-refractivity contribution in [3.8, 4) is 11.5 Å². The molecule has 0 atom stereocenters. The lowest BCUT2D eigenvalue weighted by Gasteiger charge is -2.08. The maximum Gasteiger partial charge on any atom is 0.180 e. The molecule has 0 N–H and O–H groups in total. The molecule has 29 heavy (non-hydrogen) atoms. The fraction of sp³-hybridized carbons (Fsp3) is 0.190. The van der Waals surface area contributed by atoms with Gasteiger partial charge in [0.05, 0.1) is 11.4 Å². The molecule has 0 aliphatic rings. The average molecular weight is 410 g/mol. The lowest BCUT2D eigenvalue weighted by molar-refractivity contribution is 0.102. The molecule has 3 aromatic heterocycles. The topological polar surface area (TPSA) is 65.8 Å². The summed E-state index contributed by atoms with van der Waals surface area (Å²) in [5, 5.41) is 4.68. The summed E-state index contributed by atoms with van der Waals surface area (Å²) in [6.07, 6.45) is 3.39. The summed E-state index contributed by atoms with van der Waals surface area (Å²) in [6.45, 7) is 5.65. The Morgan fingerprint density at radius 2 is 2.03 bits per heavy atom. The van der Waals surface area contributed by atoms with E-state index in [4.69, 9.17) is 4.52 Å². The number of imidazole rings is 1. The zero-order valence-electron chi connectivity index (χ0n) is 16.2. The highest BCUT2D eigenvalue weighted by atomic mass is 32.2. The first-order valence-electron chi connectivity index (χ1n) is 9.02. The van der Waals surface area contributed by atoms with Crippen LogP contribution in [-0.4, -0.2) is 30.8 Å². The van der Waals surface area contributed by atoms with Gasteiger partial charge >= 0.3 is 0 Å². The second kappa shape index (κ2) is 7.71. The maximum atomic E-state index is 13.5. The van der Waals surface area contributed by atoms with Gasteiger partial charge in [-0.2, -0.15) is 0 Å². The van der Waals surface area contributed by atoms with Gasteiger partial charge in [-0.25, -0.2) is 9.37 Å². The van der Waals surface area contributed by atoms with Gasteiger partial charge in [0, 0.05) is 35.4 Å². The smallest absolute Gasteiger partial charge is 0.180 e. The first-order valence-corrected chi connectivity index (χ1v) is 10.0. The van der Waals surface area contributed by atoms with E-state index in [9.17, 15) is 9.18 Å². The molecule has 0 amide bonds. The molecule has 4 aromatic rings. The van der Waals surface area contributed by atoms with Crippen LogP contribution in [0.1, 0.15) is 27.5 Å². The number of nitrogens with zero attached hydrogens (tertiary/aromatic N) is 4. The summed E-state index contributed by atoms with van der Waals surface area (Å²) in [5.74, 6) is 1.25. The first-order chi connectivity index (χ1) is 13.9. The Balaban J connectivity index is 1.54. The number of aryl methyl sites for hydroxylation is 2. The van der Waals surface area contributed by atoms with Crippen molar-refractivity contribution >= 4 is 17.5 Å². The third kappa shape index (κ3) is 3.75. The van der Waals surface area contributed by atoms with E-state index in [0.717, 1.165) is 11.4 Å². The molecule has 0 aliphatic heterocycles. The average Bonchev–Trinajstić information content (AvgIpc) is 3.39. The van der Waals surface area contributed by atoms with Crippen LogP contribution in [0.3, 0.4) is 0 Å². The molecule has 0 spiro atoms. The second-order valence-electron chi connectivity index (χ2n) is 6.69. The van der Waals surface area contributed by atoms with Crippen molar-refractivity contribution in [1.29, 1.82) is 0 Å². The zero-order valence-corrected chi connectivity index (χ0v) is 17.0. The number of hydrogen-bond acceptors (Lipinski definition) is 5. The van der Waals surface area contributed by atoms with Crippen LogP contribution in [0.5, 0.6) is 0 Å². The van der Waals surface area contributed by atoms with E-state index in [1.165, 1.54) is 23.9 Å². The van der Waals surface area contributed by atoms with E-state index in [-0.39, 0.29) is 17.4 Å². The van der Waals surface area contributed by atoms with Crippen LogP contribution >= 0.6 is 11.8 Å². The Hall–Kier alpha value is -3.13. The Kier molecular flexibility index (Phi) is 5.10. The van der Waals surface area contributed by atoms with Crippen molar-refractivity contribution in [2.24, 2.45) is 0 Å². The molecule has 148 valence electrons. The molecule has 1 aromatic carbocycles. The summed E-state index contributed by atoms with van der Waals surface area (Å²) < 4.78 is 22.4. The summed E-state index contributed by atoms with van der Waals surface area (Å²) in [4.78, 5) is 17.2. The van der Waals surface area contributed by atoms with E-state index in [1.807, 2.05) is 37.5 Å². The van der Waals surface area contributed by atoms with E-state index >= 15 is 0 Å². The van der Waals surface area contributed by atoms with Gasteiger partial charge in [-0.15, -0.1) is 0 Å². The number of benzene rings is 1. The number of carbonyl (C=O) groups is 1. The second-order valence-corrected chi connectivity index (χ2v) is 7.63. The minimum absolute atomic E-state index is 0.0108. The van der Waals surface area contributed by atoms with Crippen LogP contribution < -0.4 is 0 Å². The Bertz CT molecular complexity index is 1190. The van der Waals surface area contributed by atoms with Crippen LogP contribution in [0.15, 0.2) is 58.5 Å². The first kappa shape index (κ1) is 19.2. The van der Waals surface area contributed by atoms with Crippen molar-refractivity contribution in [3.63, 3.8) is 0 Å². The Morgan fingerprint density at radius 3 is 2.76 bits per heavy atom. The summed E-state index contributed by atoms with van der Waals surface area (Å²) >= 11 is 1.32. The van der Waals surface area contributed by atoms with Gasteiger partial charge in [0.1, 0.15) is 11.6 Å². The summed E-state index contributed by atoms with van der Waals surface area (Å²) in [5.41, 5.74) is 3.02. The number of carbonyl (C=O) groups excluding carboxylic acids is 1. The molecule has 6 nitrogen and oxygen atoms in total. The highest BCUT2D eigenvalue weighted by Crippen LogP contribution is 2.25. The number of halogens is 1. The normalized spacial score (nSPS) is 11.2. The SMILES string of the molecule is Cc1cc(-n2c(C)cc(C(=O)CSc3nccn3-c3cccc(F)c3)c2C)no1. The molecule has 0 unspecified atom stereocenters. The number of Topliss-reactive ketones (excluding diaryl/α,β-unsaturated/α-hetero) is 1. The predicted octanol–water partition coefficient (Wildman–Crippen LogP) is 4.69. The number of thioether (sulfide) groups is 1. The lowest BCUT2D eigenvalue weighted by Crippen LogP contribution is -2.06. The minimum atomic E-state index is -0.321. The van der Waals surface area contributed by atoms with Gasteiger partial charge in [-0.3, -0.25) is 13.9 Å². The minimum Gasteiger partial charge on any atom is -0.360 e. The van der Waals surface area contributed by atoms with Gasteiger partial charge in [-0.05, 0) is 45.0 Å². The summed E-state index contributed by atoms with van der Waals surface area (Å²) in [6, 6.07) is 9.96. The van der Waals surface area contributed by atoms with Crippen LogP contribution in [0.2, 0.25) is 0 Å². The van der Waals surface area contributed by atoms with Crippen LogP contribution in [0.4, 0.5) is 4.39 Å². The van der Waals surface area contributed by atoms with Crippen molar-refractivity contribution in [2.75, 3.05) is 5.75 Å². The van der Waals surface area contributed by atoms with Crippen molar-refractivity contribution in [2.45, 2.75) is 25.9 Å².